The normalized spacial score (nSPS) is 34.0. The van der Waals surface area contributed by atoms with E-state index in [0.29, 0.717) is 10.7 Å². The van der Waals surface area contributed by atoms with E-state index in [0.717, 1.165) is 39.5 Å². The Labute approximate surface area is 173 Å². The van der Waals surface area contributed by atoms with Crippen LogP contribution < -0.4 is 5.32 Å². The lowest BCUT2D eigenvalue weighted by atomic mass is 9.48. The van der Waals surface area contributed by atoms with Crippen LogP contribution >= 0.6 is 27.3 Å². The minimum atomic E-state index is 0.140. The van der Waals surface area contributed by atoms with Gasteiger partial charge in [0.25, 0.3) is 0 Å². The molecule has 0 spiro atoms. The summed E-state index contributed by atoms with van der Waals surface area (Å²) < 4.78 is 0.301. The maximum atomic E-state index is 12.9. The Kier molecular flexibility index (Phi) is 4.24. The summed E-state index contributed by atoms with van der Waals surface area (Å²) in [6.45, 7) is 2.07. The number of carbonyl (C=O) groups excluding carboxylic acids is 1. The highest BCUT2D eigenvalue weighted by Gasteiger charge is 2.57. The van der Waals surface area contributed by atoms with Crippen molar-refractivity contribution in [3.8, 4) is 11.3 Å². The molecule has 1 aromatic heterocycles. The highest BCUT2D eigenvalue weighted by Crippen LogP contribution is 2.65. The number of nitrogens with zero attached hydrogens (tertiary/aromatic N) is 1. The summed E-state index contributed by atoms with van der Waals surface area (Å²) in [6.07, 6.45) is 8.26. The van der Waals surface area contributed by atoms with E-state index in [1.165, 1.54) is 32.1 Å². The van der Waals surface area contributed by atoms with Crippen molar-refractivity contribution in [1.29, 1.82) is 0 Å². The summed E-state index contributed by atoms with van der Waals surface area (Å²) in [6, 6.07) is 10.2. The molecule has 2 aromatic rings. The number of hydrogen-bond donors (Lipinski definition) is 1. The number of aryl methyl sites for hydroxylation is 1. The number of carbonyl (C=O) groups is 1. The molecular weight excluding hydrogens is 420 g/mol. The maximum Gasteiger partial charge on any atom is 0.226 e. The fraction of sp³-hybridized carbons (Fsp3) is 0.545. The Morgan fingerprint density at radius 1 is 1.22 bits per heavy atom. The minimum absolute atomic E-state index is 0.140. The second-order valence-corrected chi connectivity index (χ2v) is 12.0. The van der Waals surface area contributed by atoms with Crippen LogP contribution in [-0.4, -0.2) is 15.2 Å². The van der Waals surface area contributed by atoms with E-state index in [9.17, 15) is 4.79 Å². The molecule has 1 N–H and O–H groups in total. The SMILES string of the molecule is Cc1sc(NC(=O)CC23CC4CC(CC(Br)(C4)C2)C3)nc1-c1ccccc1. The second kappa shape index (κ2) is 6.41. The zero-order valence-electron chi connectivity index (χ0n) is 15.6. The predicted octanol–water partition coefficient (Wildman–Crippen LogP) is 6.18. The first-order chi connectivity index (χ1) is 12.9. The van der Waals surface area contributed by atoms with Crippen LogP contribution in [0.15, 0.2) is 30.3 Å². The number of rotatable bonds is 4. The molecule has 4 saturated carbocycles. The van der Waals surface area contributed by atoms with Crippen molar-refractivity contribution in [3.63, 3.8) is 0 Å². The maximum absolute atomic E-state index is 12.9. The van der Waals surface area contributed by atoms with Crippen molar-refractivity contribution < 1.29 is 4.79 Å². The molecule has 5 heteroatoms. The molecule has 4 aliphatic carbocycles. The van der Waals surface area contributed by atoms with Gasteiger partial charge in [0.2, 0.25) is 5.91 Å². The summed E-state index contributed by atoms with van der Waals surface area (Å²) in [5, 5.41) is 3.84. The molecule has 3 nitrogen and oxygen atoms in total. The van der Waals surface area contributed by atoms with E-state index in [4.69, 9.17) is 4.98 Å². The van der Waals surface area contributed by atoms with Crippen LogP contribution in [0.25, 0.3) is 11.3 Å². The molecular formula is C22H25BrN2OS. The lowest BCUT2D eigenvalue weighted by Gasteiger charge is -2.60. The number of aromatic nitrogens is 1. The average molecular weight is 445 g/mol. The van der Waals surface area contributed by atoms with Crippen molar-refractivity contribution in [1.82, 2.24) is 4.98 Å². The Balaban J connectivity index is 1.31. The third-order valence-electron chi connectivity index (χ3n) is 6.74. The number of thiazole rings is 1. The quantitative estimate of drug-likeness (QED) is 0.571. The molecule has 2 atom stereocenters. The van der Waals surface area contributed by atoms with E-state index in [-0.39, 0.29) is 11.3 Å². The highest BCUT2D eigenvalue weighted by molar-refractivity contribution is 9.10. The zero-order valence-corrected chi connectivity index (χ0v) is 18.0. The predicted molar refractivity (Wildman–Crippen MR) is 114 cm³/mol. The van der Waals surface area contributed by atoms with E-state index in [2.05, 4.69) is 40.3 Å². The lowest BCUT2D eigenvalue weighted by Crippen LogP contribution is -2.53. The van der Waals surface area contributed by atoms with E-state index in [1.807, 2.05) is 18.2 Å². The van der Waals surface area contributed by atoms with Crippen molar-refractivity contribution in [3.05, 3.63) is 35.2 Å². The largest absolute Gasteiger partial charge is 0.302 e. The van der Waals surface area contributed by atoms with Crippen molar-refractivity contribution in [2.75, 3.05) is 5.32 Å². The molecule has 4 aliphatic rings. The van der Waals surface area contributed by atoms with Gasteiger partial charge in [-0.3, -0.25) is 4.79 Å². The van der Waals surface area contributed by atoms with Crippen LogP contribution in [-0.2, 0) is 4.79 Å². The number of nitrogens with one attached hydrogen (secondary N) is 1. The third kappa shape index (κ3) is 3.38. The van der Waals surface area contributed by atoms with E-state index >= 15 is 0 Å². The topological polar surface area (TPSA) is 42.0 Å². The van der Waals surface area contributed by atoms with Crippen LogP contribution in [0.1, 0.15) is 49.8 Å². The molecule has 0 radical (unpaired) electrons. The molecule has 1 amide bonds. The molecule has 142 valence electrons. The van der Waals surface area contributed by atoms with Crippen LogP contribution in [0.5, 0.6) is 0 Å². The van der Waals surface area contributed by atoms with Crippen molar-refractivity contribution in [2.24, 2.45) is 17.3 Å². The summed E-state index contributed by atoms with van der Waals surface area (Å²) in [5.41, 5.74) is 2.28. The molecule has 1 aromatic carbocycles. The summed E-state index contributed by atoms with van der Waals surface area (Å²) in [5.74, 6) is 1.76. The fourth-order valence-corrected chi connectivity index (χ4v) is 8.72. The summed E-state index contributed by atoms with van der Waals surface area (Å²) >= 11 is 5.62. The summed E-state index contributed by atoms with van der Waals surface area (Å²) in [7, 11) is 0. The van der Waals surface area contributed by atoms with Gasteiger partial charge in [0.05, 0.1) is 5.69 Å². The van der Waals surface area contributed by atoms with Gasteiger partial charge in [-0.25, -0.2) is 4.98 Å². The molecule has 4 fully saturated rings. The standard InChI is InChI=1S/C22H25BrN2OS/c1-14-19(17-5-3-2-4-6-17)25-20(27-14)24-18(26)12-21-8-15-7-16(9-21)11-22(23,10-15)13-21/h2-6,15-16H,7-13H2,1H3,(H,24,25,26). The van der Waals surface area contributed by atoms with Crippen LogP contribution in [0.2, 0.25) is 0 Å². The zero-order chi connectivity index (χ0) is 18.6. The van der Waals surface area contributed by atoms with Gasteiger partial charge in [0.15, 0.2) is 5.13 Å². The number of benzene rings is 1. The Morgan fingerprint density at radius 2 is 1.93 bits per heavy atom. The number of halogens is 1. The van der Waals surface area contributed by atoms with E-state index in [1.54, 1.807) is 11.3 Å². The third-order valence-corrected chi connectivity index (χ3v) is 8.55. The van der Waals surface area contributed by atoms with Gasteiger partial charge in [-0.2, -0.15) is 0 Å². The smallest absolute Gasteiger partial charge is 0.226 e. The minimum Gasteiger partial charge on any atom is -0.302 e. The van der Waals surface area contributed by atoms with Crippen LogP contribution in [0.3, 0.4) is 0 Å². The lowest BCUT2D eigenvalue weighted by molar-refractivity contribution is -0.123. The second-order valence-electron chi connectivity index (χ2n) is 9.13. The molecule has 1 heterocycles. The molecule has 27 heavy (non-hydrogen) atoms. The number of hydrogen-bond acceptors (Lipinski definition) is 3. The van der Waals surface area contributed by atoms with Gasteiger partial charge in [0, 0.05) is 21.2 Å². The number of alkyl halides is 1. The Bertz CT molecular complexity index is 864. The van der Waals surface area contributed by atoms with Gasteiger partial charge in [0.1, 0.15) is 0 Å². The van der Waals surface area contributed by atoms with Gasteiger partial charge < -0.3 is 5.32 Å². The van der Waals surface area contributed by atoms with Crippen LogP contribution in [0.4, 0.5) is 5.13 Å². The van der Waals surface area contributed by atoms with Gasteiger partial charge in [-0.1, -0.05) is 46.3 Å². The fourth-order valence-electron chi connectivity index (χ4n) is 6.36. The van der Waals surface area contributed by atoms with Crippen molar-refractivity contribution in [2.45, 2.75) is 56.2 Å². The molecule has 4 bridgehead atoms. The Morgan fingerprint density at radius 3 is 2.59 bits per heavy atom. The average Bonchev–Trinajstić information content (AvgIpc) is 2.92. The monoisotopic (exact) mass is 444 g/mol. The number of anilines is 1. The van der Waals surface area contributed by atoms with Crippen molar-refractivity contribution >= 4 is 38.3 Å². The molecule has 2 unspecified atom stereocenters. The Hall–Kier alpha value is -1.20. The molecule has 0 aliphatic heterocycles. The van der Waals surface area contributed by atoms with E-state index < -0.39 is 0 Å². The van der Waals surface area contributed by atoms with Gasteiger partial charge in [-0.15, -0.1) is 11.3 Å². The molecule has 6 rings (SSSR count). The highest BCUT2D eigenvalue weighted by atomic mass is 79.9. The van der Waals surface area contributed by atoms with Crippen LogP contribution in [0, 0.1) is 24.2 Å². The van der Waals surface area contributed by atoms with Gasteiger partial charge >= 0.3 is 0 Å². The summed E-state index contributed by atoms with van der Waals surface area (Å²) in [4.78, 5) is 18.7. The van der Waals surface area contributed by atoms with Gasteiger partial charge in [-0.05, 0) is 62.7 Å². The first kappa shape index (κ1) is 17.9. The first-order valence-corrected chi connectivity index (χ1v) is 11.5. The molecule has 0 saturated heterocycles. The first-order valence-electron chi connectivity index (χ1n) is 9.94. The number of amides is 1.